The maximum atomic E-state index is 2.64. The van der Waals surface area contributed by atoms with Crippen LogP contribution < -0.4 is 0 Å². The molecule has 3 rings (SSSR count). The Morgan fingerprint density at radius 2 is 1.43 bits per heavy atom. The van der Waals surface area contributed by atoms with Gasteiger partial charge < -0.3 is 4.90 Å². The minimum atomic E-state index is 0. The van der Waals surface area contributed by atoms with Crippen LogP contribution in [-0.4, -0.2) is 24.5 Å². The highest BCUT2D eigenvalue weighted by molar-refractivity contribution is 5.85. The molecule has 1 aliphatic heterocycles. The normalized spacial score (nSPS) is 16.6. The first-order chi connectivity index (χ1) is 10.8. The molecule has 1 saturated heterocycles. The maximum Gasteiger partial charge on any atom is -0.00130 e. The van der Waals surface area contributed by atoms with Crippen LogP contribution in [0.3, 0.4) is 0 Å². The van der Waals surface area contributed by atoms with Crippen molar-refractivity contribution >= 4 is 12.4 Å². The largest absolute Gasteiger partial charge is 0.303 e. The van der Waals surface area contributed by atoms with Crippen molar-refractivity contribution in [1.29, 1.82) is 0 Å². The summed E-state index contributed by atoms with van der Waals surface area (Å²) in [5, 5.41) is 0. The molecule has 0 spiro atoms. The zero-order valence-corrected chi connectivity index (χ0v) is 14.9. The Hall–Kier alpha value is -1.31. The smallest absolute Gasteiger partial charge is 0.00130 e. The van der Waals surface area contributed by atoms with E-state index >= 15 is 0 Å². The van der Waals surface area contributed by atoms with Gasteiger partial charge in [-0.1, -0.05) is 67.9 Å². The summed E-state index contributed by atoms with van der Waals surface area (Å²) in [4.78, 5) is 2.64. The lowest BCUT2D eigenvalue weighted by Gasteiger charge is -2.27. The van der Waals surface area contributed by atoms with E-state index in [9.17, 15) is 0 Å². The highest BCUT2D eigenvalue weighted by Crippen LogP contribution is 2.24. The highest BCUT2D eigenvalue weighted by Gasteiger charge is 2.12. The first-order valence-corrected chi connectivity index (χ1v) is 8.71. The summed E-state index contributed by atoms with van der Waals surface area (Å²) in [5.41, 5.74) is 4.08. The van der Waals surface area contributed by atoms with Crippen molar-refractivity contribution in [1.82, 2.24) is 4.90 Å². The summed E-state index contributed by atoms with van der Waals surface area (Å²) in [7, 11) is 0. The number of rotatable bonds is 5. The molecule has 1 atom stereocenters. The molecule has 1 heterocycles. The molecule has 0 saturated carbocycles. The van der Waals surface area contributed by atoms with Gasteiger partial charge in [-0.05, 0) is 61.5 Å². The van der Waals surface area contributed by atoms with Crippen molar-refractivity contribution in [2.75, 3.05) is 19.6 Å². The first kappa shape index (κ1) is 18.0. The van der Waals surface area contributed by atoms with Gasteiger partial charge in [0.05, 0.1) is 0 Å². The van der Waals surface area contributed by atoms with Crippen molar-refractivity contribution < 1.29 is 0 Å². The molecule has 0 unspecified atom stereocenters. The fraction of sp³-hybridized carbons (Fsp3) is 0.429. The fourth-order valence-electron chi connectivity index (χ4n) is 3.36. The molecule has 0 bridgehead atoms. The van der Waals surface area contributed by atoms with Crippen LogP contribution in [0.5, 0.6) is 0 Å². The van der Waals surface area contributed by atoms with Crippen LogP contribution in [0.25, 0.3) is 11.1 Å². The van der Waals surface area contributed by atoms with Gasteiger partial charge in [-0.2, -0.15) is 0 Å². The van der Waals surface area contributed by atoms with Crippen molar-refractivity contribution in [3.63, 3.8) is 0 Å². The maximum absolute atomic E-state index is 2.64. The predicted molar refractivity (Wildman–Crippen MR) is 102 cm³/mol. The molecule has 0 amide bonds. The van der Waals surface area contributed by atoms with Crippen molar-refractivity contribution in [3.05, 3.63) is 60.2 Å². The Kier molecular flexibility index (Phi) is 7.14. The lowest BCUT2D eigenvalue weighted by Crippen LogP contribution is -2.31. The first-order valence-electron chi connectivity index (χ1n) is 8.71. The van der Waals surface area contributed by atoms with Gasteiger partial charge >= 0.3 is 0 Å². The van der Waals surface area contributed by atoms with E-state index in [4.69, 9.17) is 0 Å². The third-order valence-corrected chi connectivity index (χ3v) is 4.91. The number of likely N-dealkylation sites (tertiary alicyclic amines) is 1. The second kappa shape index (κ2) is 9.10. The standard InChI is InChI=1S/C21H27N.ClH/c1-18(14-17-22-15-6-3-7-16-22)19-10-12-21(13-11-19)20-8-4-2-5-9-20;/h2,4-5,8-13,18H,3,6-7,14-17H2,1H3;1H/t18-;/m0./s1. The van der Waals surface area contributed by atoms with Gasteiger partial charge in [0.2, 0.25) is 0 Å². The molecule has 2 heteroatoms. The Labute approximate surface area is 147 Å². The quantitative estimate of drug-likeness (QED) is 0.674. The number of hydrogen-bond acceptors (Lipinski definition) is 1. The zero-order chi connectivity index (χ0) is 15.2. The van der Waals surface area contributed by atoms with Gasteiger partial charge in [0.1, 0.15) is 0 Å². The van der Waals surface area contributed by atoms with E-state index in [2.05, 4.69) is 66.4 Å². The summed E-state index contributed by atoms with van der Waals surface area (Å²) < 4.78 is 0. The van der Waals surface area contributed by atoms with Crippen LogP contribution in [0.2, 0.25) is 0 Å². The average Bonchev–Trinajstić information content (AvgIpc) is 2.61. The number of benzene rings is 2. The molecule has 1 nitrogen and oxygen atoms in total. The number of piperidine rings is 1. The summed E-state index contributed by atoms with van der Waals surface area (Å²) in [6.07, 6.45) is 5.47. The highest BCUT2D eigenvalue weighted by atomic mass is 35.5. The Balaban J connectivity index is 0.00000192. The summed E-state index contributed by atoms with van der Waals surface area (Å²) in [6, 6.07) is 19.8. The van der Waals surface area contributed by atoms with Crippen molar-refractivity contribution in [3.8, 4) is 11.1 Å². The monoisotopic (exact) mass is 329 g/mol. The third-order valence-electron chi connectivity index (χ3n) is 4.91. The van der Waals surface area contributed by atoms with Crippen molar-refractivity contribution in [2.45, 2.75) is 38.5 Å². The Bertz CT molecular complexity index is 558. The molecule has 2 aromatic carbocycles. The SMILES string of the molecule is C[C@@H](CCN1CCCCC1)c1ccc(-c2ccccc2)cc1.Cl. The second-order valence-electron chi connectivity index (χ2n) is 6.58. The fourth-order valence-corrected chi connectivity index (χ4v) is 3.36. The molecular formula is C21H28ClN. The van der Waals surface area contributed by atoms with E-state index in [1.165, 1.54) is 62.0 Å². The molecule has 1 fully saturated rings. The molecule has 0 aliphatic carbocycles. The van der Waals surface area contributed by atoms with Gasteiger partial charge in [0, 0.05) is 0 Å². The molecule has 1 aliphatic rings. The molecule has 0 aromatic heterocycles. The van der Waals surface area contributed by atoms with Gasteiger partial charge in [-0.15, -0.1) is 12.4 Å². The van der Waals surface area contributed by atoms with E-state index in [-0.39, 0.29) is 12.4 Å². The van der Waals surface area contributed by atoms with Crippen LogP contribution in [0, 0.1) is 0 Å². The minimum absolute atomic E-state index is 0. The molecule has 23 heavy (non-hydrogen) atoms. The molecule has 0 N–H and O–H groups in total. The van der Waals surface area contributed by atoms with Gasteiger partial charge in [-0.3, -0.25) is 0 Å². The number of nitrogens with zero attached hydrogens (tertiary/aromatic N) is 1. The summed E-state index contributed by atoms with van der Waals surface area (Å²) >= 11 is 0. The number of halogens is 1. The van der Waals surface area contributed by atoms with E-state index < -0.39 is 0 Å². The summed E-state index contributed by atoms with van der Waals surface area (Å²) in [5.74, 6) is 0.645. The van der Waals surface area contributed by atoms with Gasteiger partial charge in [-0.25, -0.2) is 0 Å². The summed E-state index contributed by atoms with van der Waals surface area (Å²) in [6.45, 7) is 6.22. The minimum Gasteiger partial charge on any atom is -0.303 e. The molecule has 2 aromatic rings. The van der Waals surface area contributed by atoms with E-state index in [1.54, 1.807) is 0 Å². The number of hydrogen-bond donors (Lipinski definition) is 0. The molecular weight excluding hydrogens is 302 g/mol. The third kappa shape index (κ3) is 5.09. The Morgan fingerprint density at radius 1 is 0.826 bits per heavy atom. The molecule has 124 valence electrons. The molecule has 0 radical (unpaired) electrons. The Morgan fingerprint density at radius 3 is 2.09 bits per heavy atom. The van der Waals surface area contributed by atoms with Crippen LogP contribution in [-0.2, 0) is 0 Å². The van der Waals surface area contributed by atoms with Crippen LogP contribution in [0.15, 0.2) is 54.6 Å². The van der Waals surface area contributed by atoms with Crippen LogP contribution in [0.1, 0.15) is 44.1 Å². The average molecular weight is 330 g/mol. The lowest BCUT2D eigenvalue weighted by molar-refractivity contribution is 0.222. The van der Waals surface area contributed by atoms with Gasteiger partial charge in [0.15, 0.2) is 0 Å². The van der Waals surface area contributed by atoms with Crippen LogP contribution in [0.4, 0.5) is 0 Å². The zero-order valence-electron chi connectivity index (χ0n) is 14.1. The van der Waals surface area contributed by atoms with Crippen molar-refractivity contribution in [2.24, 2.45) is 0 Å². The van der Waals surface area contributed by atoms with E-state index in [0.717, 1.165) is 0 Å². The van der Waals surface area contributed by atoms with E-state index in [0.29, 0.717) is 5.92 Å². The van der Waals surface area contributed by atoms with E-state index in [1.807, 2.05) is 0 Å². The second-order valence-corrected chi connectivity index (χ2v) is 6.58. The topological polar surface area (TPSA) is 3.24 Å². The van der Waals surface area contributed by atoms with Crippen LogP contribution >= 0.6 is 12.4 Å². The predicted octanol–water partition coefficient (Wildman–Crippen LogP) is 5.75. The van der Waals surface area contributed by atoms with Gasteiger partial charge in [0.25, 0.3) is 0 Å². The lowest BCUT2D eigenvalue weighted by atomic mass is 9.95.